The summed E-state index contributed by atoms with van der Waals surface area (Å²) in [5.41, 5.74) is 1.61. The maximum absolute atomic E-state index is 10.8. The molecule has 1 aliphatic rings. The number of hydrogen-bond donors (Lipinski definition) is 2. The number of hydrogen-bond acceptors (Lipinski definition) is 3. The van der Waals surface area contributed by atoms with Crippen molar-refractivity contribution >= 4 is 6.41 Å². The topological polar surface area (TPSA) is 58.6 Å². The molecule has 2 N–H and O–H groups in total. The molecular weight excluding hydrogens is 326 g/mol. The van der Waals surface area contributed by atoms with E-state index in [1.165, 1.54) is 25.7 Å². The molecule has 2 rings (SSSR count). The molecule has 0 aromatic heterocycles. The predicted octanol–water partition coefficient (Wildman–Crippen LogP) is 5.03. The fourth-order valence-electron chi connectivity index (χ4n) is 4.03. The number of phenols is 1. The number of aromatic hydroxyl groups is 1. The van der Waals surface area contributed by atoms with Crippen molar-refractivity contribution in [1.82, 2.24) is 5.32 Å². The van der Waals surface area contributed by atoms with Gasteiger partial charge in [0.1, 0.15) is 17.1 Å². The van der Waals surface area contributed by atoms with Crippen LogP contribution in [0, 0.1) is 0 Å². The number of carbonyl (C=O) groups is 1. The van der Waals surface area contributed by atoms with Crippen molar-refractivity contribution in [1.29, 1.82) is 0 Å². The summed E-state index contributed by atoms with van der Waals surface area (Å²) in [6.07, 6.45) is 7.51. The number of ether oxygens (including phenoxy) is 1. The van der Waals surface area contributed by atoms with Crippen LogP contribution in [0.3, 0.4) is 0 Å². The third-order valence-electron chi connectivity index (χ3n) is 5.54. The van der Waals surface area contributed by atoms with Gasteiger partial charge in [-0.1, -0.05) is 46.5 Å². The highest BCUT2D eigenvalue weighted by Gasteiger charge is 2.36. The maximum atomic E-state index is 10.8. The van der Waals surface area contributed by atoms with E-state index in [2.05, 4.69) is 46.0 Å². The monoisotopic (exact) mass is 361 g/mol. The van der Waals surface area contributed by atoms with Crippen LogP contribution in [0.1, 0.15) is 90.2 Å². The van der Waals surface area contributed by atoms with Crippen LogP contribution in [0.15, 0.2) is 12.1 Å². The summed E-state index contributed by atoms with van der Waals surface area (Å²) < 4.78 is 6.21. The minimum atomic E-state index is -0.321. The van der Waals surface area contributed by atoms with Gasteiger partial charge in [0.15, 0.2) is 0 Å². The number of rotatable bonds is 9. The second-order valence-electron chi connectivity index (χ2n) is 8.89. The van der Waals surface area contributed by atoms with Gasteiger partial charge in [-0.3, -0.25) is 4.79 Å². The molecule has 0 fully saturated rings. The Morgan fingerprint density at radius 2 is 2.04 bits per heavy atom. The number of benzene rings is 1. The number of carbonyl (C=O) groups excluding carboxylic acids is 1. The second kappa shape index (κ2) is 8.32. The van der Waals surface area contributed by atoms with Gasteiger partial charge in [0, 0.05) is 18.0 Å². The first-order valence-corrected chi connectivity index (χ1v) is 9.93. The van der Waals surface area contributed by atoms with E-state index in [1.807, 2.05) is 6.07 Å². The van der Waals surface area contributed by atoms with Gasteiger partial charge in [0.2, 0.25) is 6.41 Å². The first kappa shape index (κ1) is 20.6. The zero-order valence-electron chi connectivity index (χ0n) is 17.0. The highest BCUT2D eigenvalue weighted by Crippen LogP contribution is 2.47. The summed E-state index contributed by atoms with van der Waals surface area (Å²) in [6, 6.07) is 4.00. The third-order valence-corrected chi connectivity index (χ3v) is 5.54. The normalized spacial score (nSPS) is 18.7. The number of amides is 1. The van der Waals surface area contributed by atoms with Crippen molar-refractivity contribution < 1.29 is 14.6 Å². The lowest BCUT2D eigenvalue weighted by Crippen LogP contribution is -2.38. The molecule has 26 heavy (non-hydrogen) atoms. The summed E-state index contributed by atoms with van der Waals surface area (Å²) >= 11 is 0. The molecule has 0 saturated carbocycles. The van der Waals surface area contributed by atoms with Gasteiger partial charge in [-0.2, -0.15) is 0 Å². The lowest BCUT2D eigenvalue weighted by molar-refractivity contribution is -0.109. The molecule has 1 heterocycles. The van der Waals surface area contributed by atoms with E-state index < -0.39 is 0 Å². The average Bonchev–Trinajstić information content (AvgIpc) is 2.55. The highest BCUT2D eigenvalue weighted by molar-refractivity contribution is 5.53. The van der Waals surface area contributed by atoms with Crippen LogP contribution in [0.25, 0.3) is 0 Å². The van der Waals surface area contributed by atoms with Gasteiger partial charge in [0.05, 0.1) is 0 Å². The van der Waals surface area contributed by atoms with E-state index in [9.17, 15) is 9.90 Å². The van der Waals surface area contributed by atoms with Gasteiger partial charge in [-0.25, -0.2) is 0 Å². The molecule has 4 heteroatoms. The minimum absolute atomic E-state index is 0.0122. The molecule has 0 radical (unpaired) electrons. The fourth-order valence-corrected chi connectivity index (χ4v) is 4.03. The van der Waals surface area contributed by atoms with Gasteiger partial charge in [0.25, 0.3) is 0 Å². The molecule has 1 unspecified atom stereocenters. The molecular formula is C22H35NO3. The lowest BCUT2D eigenvalue weighted by Gasteiger charge is -2.39. The number of fused-ring (bicyclic) bond motifs is 1. The molecule has 0 bridgehead atoms. The van der Waals surface area contributed by atoms with Gasteiger partial charge in [-0.15, -0.1) is 0 Å². The van der Waals surface area contributed by atoms with E-state index in [-0.39, 0.29) is 22.7 Å². The summed E-state index contributed by atoms with van der Waals surface area (Å²) in [5.74, 6) is 1.10. The van der Waals surface area contributed by atoms with Crippen molar-refractivity contribution in [2.45, 2.75) is 90.1 Å². The molecule has 0 saturated heterocycles. The summed E-state index contributed by atoms with van der Waals surface area (Å²) in [6.45, 7) is 11.3. The van der Waals surface area contributed by atoms with Crippen LogP contribution < -0.4 is 10.1 Å². The summed E-state index contributed by atoms with van der Waals surface area (Å²) in [4.78, 5) is 10.7. The quantitative estimate of drug-likeness (QED) is 0.479. The van der Waals surface area contributed by atoms with Crippen molar-refractivity contribution in [3.8, 4) is 11.5 Å². The first-order chi connectivity index (χ1) is 12.2. The third kappa shape index (κ3) is 4.93. The number of unbranched alkanes of at least 4 members (excludes halogenated alkanes) is 3. The van der Waals surface area contributed by atoms with E-state index in [0.29, 0.717) is 13.0 Å². The van der Waals surface area contributed by atoms with Gasteiger partial charge >= 0.3 is 0 Å². The number of phenolic OH excluding ortho intramolecular Hbond substituents is 1. The van der Waals surface area contributed by atoms with Crippen LogP contribution in [0.2, 0.25) is 0 Å². The van der Waals surface area contributed by atoms with Crippen LogP contribution >= 0.6 is 0 Å². The standard InChI is InChI=1S/C22H35NO3/c1-6-7-8-9-10-21(2,3)17-11-18(25)20-16(14-23-15-24)13-22(4,5)26-19(20)12-17/h11-12,15-16,25H,6-10,13-14H2,1-5H3,(H,23,24). The molecule has 0 spiro atoms. The Morgan fingerprint density at radius 3 is 2.69 bits per heavy atom. The van der Waals surface area contributed by atoms with Crippen LogP contribution in [-0.2, 0) is 10.2 Å². The van der Waals surface area contributed by atoms with Gasteiger partial charge < -0.3 is 15.2 Å². The molecule has 1 aliphatic heterocycles. The fraction of sp³-hybridized carbons (Fsp3) is 0.682. The van der Waals surface area contributed by atoms with Crippen molar-refractivity contribution in [2.75, 3.05) is 6.54 Å². The lowest BCUT2D eigenvalue weighted by atomic mass is 9.77. The average molecular weight is 362 g/mol. The molecule has 0 aliphatic carbocycles. The Kier molecular flexibility index (Phi) is 6.59. The molecule has 1 aromatic carbocycles. The summed E-state index contributed by atoms with van der Waals surface area (Å²) in [5, 5.41) is 13.5. The van der Waals surface area contributed by atoms with E-state index >= 15 is 0 Å². The molecule has 146 valence electrons. The Bertz CT molecular complexity index is 622. The predicted molar refractivity (Wildman–Crippen MR) is 106 cm³/mol. The van der Waals surface area contributed by atoms with Crippen LogP contribution in [0.4, 0.5) is 0 Å². The van der Waals surface area contributed by atoms with Crippen LogP contribution in [-0.4, -0.2) is 23.7 Å². The van der Waals surface area contributed by atoms with E-state index in [4.69, 9.17) is 4.74 Å². The Hall–Kier alpha value is -1.71. The molecule has 4 nitrogen and oxygen atoms in total. The minimum Gasteiger partial charge on any atom is -0.508 e. The SMILES string of the molecule is CCCCCCC(C)(C)c1cc(O)c2c(c1)OC(C)(C)CC2CNC=O. The van der Waals surface area contributed by atoms with Gasteiger partial charge in [-0.05, 0) is 49.8 Å². The largest absolute Gasteiger partial charge is 0.508 e. The summed E-state index contributed by atoms with van der Waals surface area (Å²) in [7, 11) is 0. The zero-order chi connectivity index (χ0) is 19.4. The van der Waals surface area contributed by atoms with E-state index in [1.54, 1.807) is 0 Å². The van der Waals surface area contributed by atoms with Crippen molar-refractivity contribution in [2.24, 2.45) is 0 Å². The Balaban J connectivity index is 2.30. The highest BCUT2D eigenvalue weighted by atomic mass is 16.5. The van der Waals surface area contributed by atoms with Crippen molar-refractivity contribution in [3.63, 3.8) is 0 Å². The zero-order valence-corrected chi connectivity index (χ0v) is 17.0. The Morgan fingerprint density at radius 1 is 1.31 bits per heavy atom. The van der Waals surface area contributed by atoms with Crippen LogP contribution in [0.5, 0.6) is 11.5 Å². The first-order valence-electron chi connectivity index (χ1n) is 9.93. The molecule has 1 amide bonds. The van der Waals surface area contributed by atoms with Crippen molar-refractivity contribution in [3.05, 3.63) is 23.3 Å². The number of nitrogens with one attached hydrogen (secondary N) is 1. The maximum Gasteiger partial charge on any atom is 0.207 e. The molecule has 1 aromatic rings. The Labute approximate surface area is 158 Å². The second-order valence-corrected chi connectivity index (χ2v) is 8.89. The molecule has 1 atom stereocenters. The smallest absolute Gasteiger partial charge is 0.207 e. The van der Waals surface area contributed by atoms with E-state index in [0.717, 1.165) is 29.7 Å².